The average molecular weight is 277 g/mol. The lowest BCUT2D eigenvalue weighted by Gasteiger charge is -2.10. The number of halogens is 1. The van der Waals surface area contributed by atoms with Crippen LogP contribution < -0.4 is 5.32 Å². The highest BCUT2D eigenvalue weighted by Gasteiger charge is 2.21. The van der Waals surface area contributed by atoms with Gasteiger partial charge >= 0.3 is 0 Å². The molecule has 1 saturated carbocycles. The van der Waals surface area contributed by atoms with E-state index in [0.29, 0.717) is 11.1 Å². The van der Waals surface area contributed by atoms with E-state index in [1.54, 1.807) is 6.20 Å². The number of aromatic nitrogens is 3. The number of hydrogen-bond donors (Lipinski definition) is 1. The fourth-order valence-electron chi connectivity index (χ4n) is 2.13. The standard InChI is InChI=1S/C14H17ClN4/c1-9-13(15)10(2)19(18-9)14-11(4-3-7-16-14)8-17-12-5-6-12/h3-4,7,12,17H,5-6,8H2,1-2H3. The van der Waals surface area contributed by atoms with E-state index in [1.165, 1.54) is 12.8 Å². The van der Waals surface area contributed by atoms with E-state index in [4.69, 9.17) is 11.6 Å². The number of aryl methyl sites for hydroxylation is 1. The number of nitrogens with one attached hydrogen (secondary N) is 1. The van der Waals surface area contributed by atoms with Crippen LogP contribution in [0.15, 0.2) is 18.3 Å². The first-order chi connectivity index (χ1) is 9.16. The topological polar surface area (TPSA) is 42.7 Å². The Balaban J connectivity index is 1.96. The molecule has 1 aliphatic rings. The minimum absolute atomic E-state index is 0.678. The van der Waals surface area contributed by atoms with E-state index in [-0.39, 0.29) is 0 Å². The van der Waals surface area contributed by atoms with Gasteiger partial charge in [0, 0.05) is 24.3 Å². The fourth-order valence-corrected chi connectivity index (χ4v) is 2.25. The number of pyridine rings is 1. The van der Waals surface area contributed by atoms with Crippen LogP contribution in [0.25, 0.3) is 5.82 Å². The third kappa shape index (κ3) is 2.51. The molecular formula is C14H17ClN4. The summed E-state index contributed by atoms with van der Waals surface area (Å²) in [7, 11) is 0. The second-order valence-corrected chi connectivity index (χ2v) is 5.42. The largest absolute Gasteiger partial charge is 0.310 e. The molecule has 2 heterocycles. The Morgan fingerprint density at radius 2 is 2.21 bits per heavy atom. The zero-order valence-electron chi connectivity index (χ0n) is 11.2. The molecular weight excluding hydrogens is 260 g/mol. The summed E-state index contributed by atoms with van der Waals surface area (Å²) in [6.45, 7) is 4.70. The second kappa shape index (κ2) is 4.94. The number of rotatable bonds is 4. The monoisotopic (exact) mass is 276 g/mol. The average Bonchev–Trinajstić information content (AvgIpc) is 3.21. The molecule has 0 amide bonds. The first-order valence-corrected chi connectivity index (χ1v) is 6.94. The van der Waals surface area contributed by atoms with Crippen molar-refractivity contribution in [2.45, 2.75) is 39.3 Å². The lowest BCUT2D eigenvalue weighted by molar-refractivity contribution is 0.674. The highest BCUT2D eigenvalue weighted by Crippen LogP contribution is 2.24. The minimum Gasteiger partial charge on any atom is -0.310 e. The lowest BCUT2D eigenvalue weighted by Crippen LogP contribution is -2.18. The van der Waals surface area contributed by atoms with Crippen molar-refractivity contribution in [1.29, 1.82) is 0 Å². The van der Waals surface area contributed by atoms with Crippen LogP contribution in [0.1, 0.15) is 29.8 Å². The lowest BCUT2D eigenvalue weighted by atomic mass is 10.2. The molecule has 1 fully saturated rings. The van der Waals surface area contributed by atoms with E-state index in [1.807, 2.05) is 24.6 Å². The molecule has 100 valence electrons. The summed E-state index contributed by atoms with van der Waals surface area (Å²) in [5.41, 5.74) is 2.92. The van der Waals surface area contributed by atoms with E-state index >= 15 is 0 Å². The van der Waals surface area contributed by atoms with Gasteiger partial charge in [-0.1, -0.05) is 17.7 Å². The first kappa shape index (κ1) is 12.6. The summed E-state index contributed by atoms with van der Waals surface area (Å²) in [5.74, 6) is 0.864. The fraction of sp³-hybridized carbons (Fsp3) is 0.429. The van der Waals surface area contributed by atoms with Crippen LogP contribution in [0.5, 0.6) is 0 Å². The van der Waals surface area contributed by atoms with Crippen LogP contribution in [0.3, 0.4) is 0 Å². The summed E-state index contributed by atoms with van der Waals surface area (Å²) >= 11 is 6.21. The van der Waals surface area contributed by atoms with Crippen molar-refractivity contribution in [1.82, 2.24) is 20.1 Å². The van der Waals surface area contributed by atoms with Crippen molar-refractivity contribution in [3.63, 3.8) is 0 Å². The van der Waals surface area contributed by atoms with Crippen LogP contribution in [0, 0.1) is 13.8 Å². The molecule has 1 N–H and O–H groups in total. The van der Waals surface area contributed by atoms with Crippen molar-refractivity contribution in [3.05, 3.63) is 40.3 Å². The van der Waals surface area contributed by atoms with Gasteiger partial charge in [0.2, 0.25) is 0 Å². The quantitative estimate of drug-likeness (QED) is 0.934. The Kier molecular flexibility index (Phi) is 3.29. The second-order valence-electron chi connectivity index (χ2n) is 5.04. The van der Waals surface area contributed by atoms with Gasteiger partial charge in [-0.25, -0.2) is 9.67 Å². The molecule has 0 atom stereocenters. The van der Waals surface area contributed by atoms with E-state index in [2.05, 4.69) is 21.5 Å². The van der Waals surface area contributed by atoms with Crippen molar-refractivity contribution in [2.24, 2.45) is 0 Å². The molecule has 0 bridgehead atoms. The maximum atomic E-state index is 6.21. The van der Waals surface area contributed by atoms with Gasteiger partial charge in [0.1, 0.15) is 0 Å². The van der Waals surface area contributed by atoms with E-state index in [0.717, 1.165) is 29.3 Å². The molecule has 0 aromatic carbocycles. The molecule has 0 spiro atoms. The van der Waals surface area contributed by atoms with Crippen molar-refractivity contribution in [2.75, 3.05) is 0 Å². The molecule has 2 aromatic heterocycles. The highest BCUT2D eigenvalue weighted by atomic mass is 35.5. The maximum absolute atomic E-state index is 6.21. The summed E-state index contributed by atoms with van der Waals surface area (Å²) < 4.78 is 1.83. The summed E-state index contributed by atoms with van der Waals surface area (Å²) in [5, 5.41) is 8.70. The molecule has 19 heavy (non-hydrogen) atoms. The van der Waals surface area contributed by atoms with E-state index in [9.17, 15) is 0 Å². The molecule has 2 aromatic rings. The van der Waals surface area contributed by atoms with Gasteiger partial charge in [-0.3, -0.25) is 0 Å². The van der Waals surface area contributed by atoms with Gasteiger partial charge in [-0.15, -0.1) is 0 Å². The predicted octanol–water partition coefficient (Wildman–Crippen LogP) is 2.79. The molecule has 3 rings (SSSR count). The Bertz CT molecular complexity index is 601. The molecule has 1 aliphatic carbocycles. The Morgan fingerprint density at radius 3 is 2.84 bits per heavy atom. The van der Waals surface area contributed by atoms with Crippen molar-refractivity contribution < 1.29 is 0 Å². The third-order valence-electron chi connectivity index (χ3n) is 3.43. The van der Waals surface area contributed by atoms with Gasteiger partial charge in [-0.2, -0.15) is 5.10 Å². The third-order valence-corrected chi connectivity index (χ3v) is 3.98. The van der Waals surface area contributed by atoms with Gasteiger partial charge in [0.05, 0.1) is 16.4 Å². The van der Waals surface area contributed by atoms with Gasteiger partial charge in [-0.05, 0) is 32.8 Å². The summed E-state index contributed by atoms with van der Waals surface area (Å²) in [4.78, 5) is 4.46. The van der Waals surface area contributed by atoms with Crippen LogP contribution >= 0.6 is 11.6 Å². The zero-order valence-corrected chi connectivity index (χ0v) is 11.9. The van der Waals surface area contributed by atoms with Crippen LogP contribution in [0.4, 0.5) is 0 Å². The van der Waals surface area contributed by atoms with Crippen molar-refractivity contribution in [3.8, 4) is 5.82 Å². The Labute approximate surface area is 117 Å². The minimum atomic E-state index is 0.678. The van der Waals surface area contributed by atoms with E-state index < -0.39 is 0 Å². The number of nitrogens with zero attached hydrogens (tertiary/aromatic N) is 3. The van der Waals surface area contributed by atoms with Gasteiger partial charge < -0.3 is 5.32 Å². The molecule has 0 aliphatic heterocycles. The molecule has 5 heteroatoms. The Morgan fingerprint density at radius 1 is 1.42 bits per heavy atom. The summed E-state index contributed by atoms with van der Waals surface area (Å²) in [6.07, 6.45) is 4.35. The molecule has 4 nitrogen and oxygen atoms in total. The molecule has 0 radical (unpaired) electrons. The van der Waals surface area contributed by atoms with Crippen LogP contribution in [0.2, 0.25) is 5.02 Å². The smallest absolute Gasteiger partial charge is 0.158 e. The molecule has 0 saturated heterocycles. The Hall–Kier alpha value is -1.39. The zero-order chi connectivity index (χ0) is 13.4. The first-order valence-electron chi connectivity index (χ1n) is 6.56. The summed E-state index contributed by atoms with van der Waals surface area (Å²) in [6, 6.07) is 4.72. The number of hydrogen-bond acceptors (Lipinski definition) is 3. The predicted molar refractivity (Wildman–Crippen MR) is 75.7 cm³/mol. The van der Waals surface area contributed by atoms with Gasteiger partial charge in [0.25, 0.3) is 0 Å². The normalized spacial score (nSPS) is 14.9. The van der Waals surface area contributed by atoms with Crippen LogP contribution in [-0.4, -0.2) is 20.8 Å². The molecule has 0 unspecified atom stereocenters. The highest BCUT2D eigenvalue weighted by molar-refractivity contribution is 6.31. The maximum Gasteiger partial charge on any atom is 0.158 e. The van der Waals surface area contributed by atoms with Crippen LogP contribution in [-0.2, 0) is 6.54 Å². The SMILES string of the molecule is Cc1nn(-c2ncccc2CNC2CC2)c(C)c1Cl. The van der Waals surface area contributed by atoms with Crippen molar-refractivity contribution >= 4 is 11.6 Å². The van der Waals surface area contributed by atoms with Gasteiger partial charge in [0.15, 0.2) is 5.82 Å².